The van der Waals surface area contributed by atoms with Gasteiger partial charge in [-0.1, -0.05) is 48.5 Å². The van der Waals surface area contributed by atoms with E-state index < -0.39 is 0 Å². The number of carbonyl (C=O) groups is 1. The molecule has 4 aromatic rings. The molecule has 2 aromatic carbocycles. The number of pyridine rings is 2. The lowest BCUT2D eigenvalue weighted by Crippen LogP contribution is -2.42. The van der Waals surface area contributed by atoms with E-state index in [0.717, 1.165) is 36.1 Å². The molecule has 178 valence electrons. The van der Waals surface area contributed by atoms with Crippen LogP contribution in [0.3, 0.4) is 0 Å². The molecule has 1 fully saturated rings. The highest BCUT2D eigenvalue weighted by Crippen LogP contribution is 2.30. The van der Waals surface area contributed by atoms with E-state index in [2.05, 4.69) is 32.7 Å². The summed E-state index contributed by atoms with van der Waals surface area (Å²) in [5.74, 6) is 0.202. The van der Waals surface area contributed by atoms with E-state index in [1.54, 1.807) is 19.5 Å². The van der Waals surface area contributed by atoms with Gasteiger partial charge < -0.3 is 15.4 Å². The summed E-state index contributed by atoms with van der Waals surface area (Å²) in [5.41, 5.74) is 4.38. The number of amides is 2. The molecule has 3 heterocycles. The molecule has 0 radical (unpaired) electrons. The molecule has 2 aromatic heterocycles. The second-order valence-electron chi connectivity index (χ2n) is 8.79. The Labute approximate surface area is 205 Å². The van der Waals surface area contributed by atoms with Gasteiger partial charge in [0, 0.05) is 56.0 Å². The SMILES string of the molecule is COCCN1C[C@@H](NC(=O)Nc2cc3ccccc3nc2-c2ccncc2)[C@H](c2ccccc2)C1. The van der Waals surface area contributed by atoms with E-state index in [1.807, 2.05) is 60.7 Å². The molecule has 7 heteroatoms. The molecule has 0 bridgehead atoms. The molecule has 0 saturated carbocycles. The van der Waals surface area contributed by atoms with Crippen LogP contribution in [0.2, 0.25) is 0 Å². The van der Waals surface area contributed by atoms with Crippen LogP contribution in [-0.4, -0.2) is 60.3 Å². The highest BCUT2D eigenvalue weighted by atomic mass is 16.5. The third-order valence-electron chi connectivity index (χ3n) is 6.48. The van der Waals surface area contributed by atoms with Crippen molar-refractivity contribution in [1.29, 1.82) is 0 Å². The summed E-state index contributed by atoms with van der Waals surface area (Å²) in [6.07, 6.45) is 3.46. The van der Waals surface area contributed by atoms with Crippen molar-refractivity contribution in [3.63, 3.8) is 0 Å². The quantitative estimate of drug-likeness (QED) is 0.417. The van der Waals surface area contributed by atoms with Gasteiger partial charge in [-0.3, -0.25) is 9.88 Å². The molecule has 1 aliphatic heterocycles. The van der Waals surface area contributed by atoms with Crippen molar-refractivity contribution >= 4 is 22.6 Å². The van der Waals surface area contributed by atoms with Crippen LogP contribution in [0.15, 0.2) is 85.2 Å². The average molecular weight is 468 g/mol. The fraction of sp³-hybridized carbons (Fsp3) is 0.250. The van der Waals surface area contributed by atoms with Crippen molar-refractivity contribution in [2.75, 3.05) is 38.7 Å². The van der Waals surface area contributed by atoms with Gasteiger partial charge in [0.05, 0.1) is 29.5 Å². The van der Waals surface area contributed by atoms with Crippen molar-refractivity contribution in [3.8, 4) is 11.3 Å². The van der Waals surface area contributed by atoms with Gasteiger partial charge in [0.2, 0.25) is 0 Å². The summed E-state index contributed by atoms with van der Waals surface area (Å²) in [6, 6.07) is 23.8. The third-order valence-corrected chi connectivity index (χ3v) is 6.48. The first-order chi connectivity index (χ1) is 17.2. The number of para-hydroxylation sites is 1. The third kappa shape index (κ3) is 5.31. The second-order valence-corrected chi connectivity index (χ2v) is 8.79. The van der Waals surface area contributed by atoms with Crippen LogP contribution in [0.5, 0.6) is 0 Å². The van der Waals surface area contributed by atoms with Crippen molar-refractivity contribution in [1.82, 2.24) is 20.2 Å². The molecular weight excluding hydrogens is 438 g/mol. The first-order valence-electron chi connectivity index (χ1n) is 11.8. The molecule has 0 unspecified atom stereocenters. The molecule has 1 aliphatic rings. The Balaban J connectivity index is 1.39. The molecular formula is C28H29N5O2. The fourth-order valence-electron chi connectivity index (χ4n) is 4.74. The molecule has 35 heavy (non-hydrogen) atoms. The number of benzene rings is 2. The summed E-state index contributed by atoms with van der Waals surface area (Å²) in [5, 5.41) is 7.29. The minimum Gasteiger partial charge on any atom is -0.383 e. The zero-order valence-corrected chi connectivity index (χ0v) is 19.7. The minimum atomic E-state index is -0.239. The number of hydrogen-bond donors (Lipinski definition) is 2. The number of fused-ring (bicyclic) bond motifs is 1. The first kappa shape index (κ1) is 23.0. The number of ether oxygens (including phenoxy) is 1. The first-order valence-corrected chi connectivity index (χ1v) is 11.8. The monoisotopic (exact) mass is 467 g/mol. The van der Waals surface area contributed by atoms with E-state index in [0.29, 0.717) is 18.0 Å². The number of carbonyl (C=O) groups excluding carboxylic acids is 1. The van der Waals surface area contributed by atoms with E-state index >= 15 is 0 Å². The second kappa shape index (κ2) is 10.6. The lowest BCUT2D eigenvalue weighted by Gasteiger charge is -2.21. The van der Waals surface area contributed by atoms with Crippen LogP contribution in [0.25, 0.3) is 22.2 Å². The van der Waals surface area contributed by atoms with Crippen LogP contribution in [-0.2, 0) is 4.74 Å². The lowest BCUT2D eigenvalue weighted by atomic mass is 9.94. The Hall–Kier alpha value is -3.81. The van der Waals surface area contributed by atoms with Gasteiger partial charge in [-0.25, -0.2) is 9.78 Å². The maximum absolute atomic E-state index is 13.3. The van der Waals surface area contributed by atoms with Gasteiger partial charge in [-0.15, -0.1) is 0 Å². The maximum Gasteiger partial charge on any atom is 0.319 e. The Kier molecular flexibility index (Phi) is 6.97. The van der Waals surface area contributed by atoms with Gasteiger partial charge in [0.25, 0.3) is 0 Å². The molecule has 2 atom stereocenters. The Morgan fingerprint density at radius 2 is 1.80 bits per heavy atom. The number of rotatable bonds is 7. The largest absolute Gasteiger partial charge is 0.383 e. The number of hydrogen-bond acceptors (Lipinski definition) is 5. The van der Waals surface area contributed by atoms with Gasteiger partial charge >= 0.3 is 6.03 Å². The van der Waals surface area contributed by atoms with Gasteiger partial charge in [-0.2, -0.15) is 0 Å². The topological polar surface area (TPSA) is 79.4 Å². The number of anilines is 1. The molecule has 0 aliphatic carbocycles. The predicted octanol–water partition coefficient (Wildman–Crippen LogP) is 4.53. The molecule has 2 amide bonds. The van der Waals surface area contributed by atoms with Gasteiger partial charge in [-0.05, 0) is 29.8 Å². The summed E-state index contributed by atoms with van der Waals surface area (Å²) < 4.78 is 5.28. The van der Waals surface area contributed by atoms with Gasteiger partial charge in [0.1, 0.15) is 0 Å². The van der Waals surface area contributed by atoms with Crippen LogP contribution in [0.4, 0.5) is 10.5 Å². The number of methoxy groups -OCH3 is 1. The number of urea groups is 1. The number of likely N-dealkylation sites (tertiary alicyclic amines) is 1. The summed E-state index contributed by atoms with van der Waals surface area (Å²) in [4.78, 5) is 24.6. The molecule has 5 rings (SSSR count). The van der Waals surface area contributed by atoms with E-state index in [-0.39, 0.29) is 18.0 Å². The van der Waals surface area contributed by atoms with Crippen molar-refractivity contribution < 1.29 is 9.53 Å². The summed E-state index contributed by atoms with van der Waals surface area (Å²) >= 11 is 0. The lowest BCUT2D eigenvalue weighted by molar-refractivity contribution is 0.159. The highest BCUT2D eigenvalue weighted by molar-refractivity contribution is 5.97. The predicted molar refractivity (Wildman–Crippen MR) is 138 cm³/mol. The summed E-state index contributed by atoms with van der Waals surface area (Å²) in [6.45, 7) is 3.14. The smallest absolute Gasteiger partial charge is 0.319 e. The Morgan fingerprint density at radius 3 is 2.60 bits per heavy atom. The van der Waals surface area contributed by atoms with E-state index in [4.69, 9.17) is 9.72 Å². The van der Waals surface area contributed by atoms with Crippen LogP contribution >= 0.6 is 0 Å². The van der Waals surface area contributed by atoms with Crippen LogP contribution in [0, 0.1) is 0 Å². The van der Waals surface area contributed by atoms with Crippen molar-refractivity contribution in [2.24, 2.45) is 0 Å². The number of nitrogens with one attached hydrogen (secondary N) is 2. The molecule has 7 nitrogen and oxygen atoms in total. The molecule has 0 spiro atoms. The van der Waals surface area contributed by atoms with Crippen molar-refractivity contribution in [3.05, 3.63) is 90.8 Å². The maximum atomic E-state index is 13.3. The van der Waals surface area contributed by atoms with Gasteiger partial charge in [0.15, 0.2) is 0 Å². The highest BCUT2D eigenvalue weighted by Gasteiger charge is 2.34. The number of nitrogens with zero attached hydrogens (tertiary/aromatic N) is 3. The van der Waals surface area contributed by atoms with E-state index in [9.17, 15) is 4.79 Å². The van der Waals surface area contributed by atoms with Crippen molar-refractivity contribution in [2.45, 2.75) is 12.0 Å². The van der Waals surface area contributed by atoms with Crippen LogP contribution in [0.1, 0.15) is 11.5 Å². The molecule has 2 N–H and O–H groups in total. The Morgan fingerprint density at radius 1 is 1.03 bits per heavy atom. The van der Waals surface area contributed by atoms with E-state index in [1.165, 1.54) is 5.56 Å². The standard InChI is InChI=1S/C28H29N5O2/c1-35-16-15-33-18-23(20-7-3-2-4-8-20)26(19-33)32-28(34)31-25-17-22-9-5-6-10-24(22)30-27(25)21-11-13-29-14-12-21/h2-14,17,23,26H,15-16,18-19H2,1H3,(H2,31,32,34)/t23-,26+/m0/s1. The zero-order chi connectivity index (χ0) is 24.0. The van der Waals surface area contributed by atoms with Crippen LogP contribution < -0.4 is 10.6 Å². The zero-order valence-electron chi connectivity index (χ0n) is 19.7. The fourth-order valence-corrected chi connectivity index (χ4v) is 4.74. The minimum absolute atomic E-state index is 0.0213. The Bertz CT molecular complexity index is 1280. The summed E-state index contributed by atoms with van der Waals surface area (Å²) in [7, 11) is 1.71. The average Bonchev–Trinajstić information content (AvgIpc) is 3.30. The normalized spacial score (nSPS) is 18.0. The number of aromatic nitrogens is 2. The molecule has 1 saturated heterocycles.